The Bertz CT molecular complexity index is 802. The Morgan fingerprint density at radius 2 is 1.64 bits per heavy atom. The van der Waals surface area contributed by atoms with Gasteiger partial charge in [-0.05, 0) is 42.7 Å². The second-order valence-corrected chi connectivity index (χ2v) is 6.17. The maximum absolute atomic E-state index is 10.4. The predicted molar refractivity (Wildman–Crippen MR) is 110 cm³/mol. The van der Waals surface area contributed by atoms with Crippen molar-refractivity contribution in [3.63, 3.8) is 0 Å². The van der Waals surface area contributed by atoms with Crippen LogP contribution in [0.25, 0.3) is 6.08 Å². The van der Waals surface area contributed by atoms with Crippen molar-refractivity contribution in [3.8, 4) is 5.75 Å². The molecule has 0 saturated heterocycles. The smallest absolute Gasteiger partial charge is 0.330 e. The highest BCUT2D eigenvalue weighted by molar-refractivity contribution is 5.85. The fraction of sp³-hybridized carbons (Fsp3) is 0.217. The number of benzene rings is 2. The average Bonchev–Trinajstić information content (AvgIpc) is 2.67. The molecule has 2 aromatic rings. The third-order valence-corrected chi connectivity index (χ3v) is 3.68. The molecule has 0 radical (unpaired) electrons. The highest BCUT2D eigenvalue weighted by Gasteiger charge is 1.99. The van der Waals surface area contributed by atoms with Crippen LogP contribution in [0.2, 0.25) is 0 Å². The first-order chi connectivity index (χ1) is 13.3. The minimum absolute atomic E-state index is 0.299. The topological polar surface area (TPSA) is 83.8 Å². The minimum Gasteiger partial charge on any atom is -0.489 e. The van der Waals surface area contributed by atoms with Crippen LogP contribution in [0.5, 0.6) is 5.75 Å². The fourth-order valence-electron chi connectivity index (χ4n) is 2.10. The molecule has 0 aliphatic rings. The van der Waals surface area contributed by atoms with Gasteiger partial charge in [0, 0.05) is 11.6 Å². The zero-order chi connectivity index (χ0) is 20.9. The van der Waals surface area contributed by atoms with E-state index in [-0.39, 0.29) is 0 Å². The maximum atomic E-state index is 10.4. The largest absolute Gasteiger partial charge is 0.489 e. The Balaban J connectivity index is 0.000000416. The number of aliphatic carboxylic acids is 2. The number of hydrogen-bond donors (Lipinski definition) is 2. The summed E-state index contributed by atoms with van der Waals surface area (Å²) in [7, 11) is 0. The van der Waals surface area contributed by atoms with Gasteiger partial charge in [0.1, 0.15) is 12.4 Å². The van der Waals surface area contributed by atoms with Crippen molar-refractivity contribution in [2.24, 2.45) is 0 Å². The van der Waals surface area contributed by atoms with Gasteiger partial charge in [-0.25, -0.2) is 9.59 Å². The highest BCUT2D eigenvalue weighted by Crippen LogP contribution is 2.15. The van der Waals surface area contributed by atoms with Gasteiger partial charge < -0.3 is 14.9 Å². The Morgan fingerprint density at radius 3 is 2.11 bits per heavy atom. The molecule has 0 heterocycles. The van der Waals surface area contributed by atoms with Gasteiger partial charge in [0.05, 0.1) is 0 Å². The van der Waals surface area contributed by atoms with Crippen molar-refractivity contribution >= 4 is 18.0 Å². The summed E-state index contributed by atoms with van der Waals surface area (Å²) < 4.78 is 5.67. The normalized spacial score (nSPS) is 10.1. The van der Waals surface area contributed by atoms with E-state index in [4.69, 9.17) is 14.9 Å². The van der Waals surface area contributed by atoms with E-state index in [0.29, 0.717) is 18.6 Å². The third-order valence-electron chi connectivity index (χ3n) is 3.68. The minimum atomic E-state index is -0.954. The summed E-state index contributed by atoms with van der Waals surface area (Å²) in [6.07, 6.45) is 4.11. The molecule has 0 aromatic heterocycles. The number of hydrogen-bond acceptors (Lipinski definition) is 3. The lowest BCUT2D eigenvalue weighted by atomic mass is 10.2. The summed E-state index contributed by atoms with van der Waals surface area (Å²) in [4.78, 5) is 20.4. The highest BCUT2D eigenvalue weighted by atomic mass is 16.5. The summed E-state index contributed by atoms with van der Waals surface area (Å²) in [6, 6.07) is 15.5. The molecular weight excluding hydrogens is 356 g/mol. The van der Waals surface area contributed by atoms with Gasteiger partial charge in [0.15, 0.2) is 0 Å². The second kappa shape index (κ2) is 12.1. The van der Waals surface area contributed by atoms with E-state index in [1.807, 2.05) is 50.2 Å². The van der Waals surface area contributed by atoms with Crippen molar-refractivity contribution in [1.29, 1.82) is 0 Å². The number of ether oxygens (including phenoxy) is 1. The summed E-state index contributed by atoms with van der Waals surface area (Å²) in [6.45, 7) is 7.84. The van der Waals surface area contributed by atoms with Gasteiger partial charge in [-0.15, -0.1) is 0 Å². The molecule has 0 saturated carbocycles. The first-order valence-electron chi connectivity index (χ1n) is 8.92. The van der Waals surface area contributed by atoms with E-state index in [0.717, 1.165) is 29.4 Å². The Kier molecular flexibility index (Phi) is 9.83. The zero-order valence-electron chi connectivity index (χ0n) is 16.2. The van der Waals surface area contributed by atoms with Gasteiger partial charge in [-0.3, -0.25) is 0 Å². The van der Waals surface area contributed by atoms with Crippen LogP contribution in [0.15, 0.2) is 66.8 Å². The molecule has 28 heavy (non-hydrogen) atoms. The Labute approximate surface area is 165 Å². The number of carboxylic acid groups (broad SMARTS) is 2. The molecule has 0 spiro atoms. The van der Waals surface area contributed by atoms with Crippen LogP contribution in [0.4, 0.5) is 0 Å². The lowest BCUT2D eigenvalue weighted by Gasteiger charge is -2.06. The summed E-state index contributed by atoms with van der Waals surface area (Å²) in [5.74, 6) is -1.07. The van der Waals surface area contributed by atoms with Crippen LogP contribution in [-0.4, -0.2) is 22.2 Å². The summed E-state index contributed by atoms with van der Waals surface area (Å²) >= 11 is 0. The summed E-state index contributed by atoms with van der Waals surface area (Å²) in [5, 5.41) is 16.8. The van der Waals surface area contributed by atoms with E-state index >= 15 is 0 Å². The predicted octanol–water partition coefficient (Wildman–Crippen LogP) is 5.10. The van der Waals surface area contributed by atoms with Crippen molar-refractivity contribution in [2.45, 2.75) is 33.3 Å². The number of rotatable bonds is 8. The quantitative estimate of drug-likeness (QED) is 0.621. The Hall–Kier alpha value is -3.34. The molecule has 0 fully saturated rings. The van der Waals surface area contributed by atoms with Gasteiger partial charge in [-0.1, -0.05) is 61.9 Å². The average molecular weight is 382 g/mol. The fourth-order valence-corrected chi connectivity index (χ4v) is 2.10. The van der Waals surface area contributed by atoms with E-state index in [2.05, 4.69) is 18.7 Å². The molecular formula is C23H26O5. The molecule has 2 aromatic carbocycles. The third kappa shape index (κ3) is 9.38. The number of carboxylic acids is 2. The van der Waals surface area contributed by atoms with E-state index in [9.17, 15) is 9.59 Å². The van der Waals surface area contributed by atoms with Crippen molar-refractivity contribution in [1.82, 2.24) is 0 Å². The molecule has 148 valence electrons. The van der Waals surface area contributed by atoms with Crippen molar-refractivity contribution in [2.75, 3.05) is 0 Å². The zero-order valence-corrected chi connectivity index (χ0v) is 16.2. The van der Waals surface area contributed by atoms with Crippen LogP contribution < -0.4 is 4.74 Å². The van der Waals surface area contributed by atoms with Crippen LogP contribution in [-0.2, 0) is 16.2 Å². The number of aryl methyl sites for hydroxylation is 1. The van der Waals surface area contributed by atoms with Gasteiger partial charge in [0.25, 0.3) is 0 Å². The molecule has 0 amide bonds. The molecule has 5 heteroatoms. The van der Waals surface area contributed by atoms with Crippen molar-refractivity contribution < 1.29 is 24.5 Å². The molecule has 5 nitrogen and oxygen atoms in total. The van der Waals surface area contributed by atoms with E-state index in [1.165, 1.54) is 5.56 Å². The summed E-state index contributed by atoms with van der Waals surface area (Å²) in [5.41, 5.74) is 3.47. The molecule has 0 atom stereocenters. The number of carbonyl (C=O) groups is 2. The van der Waals surface area contributed by atoms with Gasteiger partial charge in [-0.2, -0.15) is 0 Å². The maximum Gasteiger partial charge on any atom is 0.330 e. The Morgan fingerprint density at radius 1 is 1.04 bits per heavy atom. The molecule has 0 unspecified atom stereocenters. The van der Waals surface area contributed by atoms with Gasteiger partial charge >= 0.3 is 11.9 Å². The second-order valence-electron chi connectivity index (χ2n) is 6.17. The van der Waals surface area contributed by atoms with Crippen LogP contribution in [0.3, 0.4) is 0 Å². The molecule has 2 N–H and O–H groups in total. The van der Waals surface area contributed by atoms with E-state index in [1.54, 1.807) is 6.08 Å². The first kappa shape index (κ1) is 22.7. The monoisotopic (exact) mass is 382 g/mol. The molecule has 0 bridgehead atoms. The van der Waals surface area contributed by atoms with Crippen LogP contribution in [0, 0.1) is 6.92 Å². The molecule has 0 aliphatic carbocycles. The molecule has 0 aliphatic heterocycles. The first-order valence-corrected chi connectivity index (χ1v) is 8.92. The lowest BCUT2D eigenvalue weighted by molar-refractivity contribution is -0.133. The van der Waals surface area contributed by atoms with Crippen LogP contribution in [0.1, 0.15) is 36.5 Å². The molecule has 2 rings (SSSR count). The lowest BCUT2D eigenvalue weighted by Crippen LogP contribution is -1.97. The standard InChI is InChI=1S/C17H16O3.C6H10O2/c1-13-2-4-15(5-3-13)12-20-16-9-6-14(7-10-16)8-11-17(18)19;1-3-4-5(2)6(7)8/h2-11H,12H2,1H3,(H,18,19);2-4H2,1H3,(H,7,8). The van der Waals surface area contributed by atoms with E-state index < -0.39 is 11.9 Å². The SMILES string of the molecule is C=C(CCC)C(=O)O.Cc1ccc(COc2ccc(C=CC(=O)O)cc2)cc1. The van der Waals surface area contributed by atoms with Gasteiger partial charge in [0.2, 0.25) is 0 Å². The van der Waals surface area contributed by atoms with Crippen molar-refractivity contribution in [3.05, 3.63) is 83.4 Å². The van der Waals surface area contributed by atoms with Crippen LogP contribution >= 0.6 is 0 Å².